The predicted molar refractivity (Wildman–Crippen MR) is 86.8 cm³/mol. The number of carbonyl (C=O) groups is 2. The lowest BCUT2D eigenvalue weighted by molar-refractivity contribution is -0.120. The van der Waals surface area contributed by atoms with Crippen molar-refractivity contribution in [3.63, 3.8) is 0 Å². The van der Waals surface area contributed by atoms with Gasteiger partial charge in [0.2, 0.25) is 5.91 Å². The van der Waals surface area contributed by atoms with Gasteiger partial charge in [-0.15, -0.1) is 4.28 Å². The first-order valence-electron chi connectivity index (χ1n) is 8.09. The Balaban J connectivity index is 1.47. The van der Waals surface area contributed by atoms with E-state index in [-0.39, 0.29) is 6.54 Å². The van der Waals surface area contributed by atoms with E-state index in [0.717, 1.165) is 17.8 Å². The van der Waals surface area contributed by atoms with Gasteiger partial charge in [0.15, 0.2) is 0 Å². The van der Waals surface area contributed by atoms with Gasteiger partial charge in [-0.05, 0) is 24.5 Å². The fourth-order valence-electron chi connectivity index (χ4n) is 3.54. The first kappa shape index (κ1) is 17.1. The smallest absolute Gasteiger partial charge is 0.309 e. The average Bonchev–Trinajstić information content (AvgIpc) is 3.13. The highest BCUT2D eigenvalue weighted by Crippen LogP contribution is 2.31. The molecule has 1 aromatic heterocycles. The summed E-state index contributed by atoms with van der Waals surface area (Å²) in [5.41, 5.74) is 1.95. The lowest BCUT2D eigenvalue weighted by atomic mass is 10.0. The molecule has 3 aliphatic rings. The number of anilines is 1. The molecule has 3 aliphatic heterocycles. The van der Waals surface area contributed by atoms with Crippen LogP contribution in [0.1, 0.15) is 24.1 Å². The highest BCUT2D eigenvalue weighted by atomic mass is 32.3. The zero-order valence-electron chi connectivity index (χ0n) is 13.6. The standard InChI is InChI=1S/C14H17N5O6S/c20-13(17-12-4-1-8-5-15-6-10(8)16-12)11-3-2-9-7-18(11)14(21)19(9)25-26(22,23)24/h1,4,9,11,15H,2-3,5-7H2,(H,16,17,20)(H,22,23,24). The monoisotopic (exact) mass is 383 g/mol. The van der Waals surface area contributed by atoms with Crippen molar-refractivity contribution < 1.29 is 26.8 Å². The fraction of sp³-hybridized carbons (Fsp3) is 0.500. The van der Waals surface area contributed by atoms with Crippen LogP contribution in [0.4, 0.5) is 10.6 Å². The van der Waals surface area contributed by atoms with E-state index >= 15 is 0 Å². The number of urea groups is 1. The molecule has 12 heteroatoms. The second-order valence-corrected chi connectivity index (χ2v) is 7.41. The maximum atomic E-state index is 12.6. The van der Waals surface area contributed by atoms with Gasteiger partial charge in [0, 0.05) is 19.6 Å². The number of nitrogens with zero attached hydrogens (tertiary/aromatic N) is 3. The minimum Gasteiger partial charge on any atom is -0.309 e. The van der Waals surface area contributed by atoms with Crippen molar-refractivity contribution in [2.75, 3.05) is 11.9 Å². The SMILES string of the molecule is O=C(Nc1ccc2c(n1)CNC2)C1CCC2CN1C(=O)N2OS(=O)(=O)O. The van der Waals surface area contributed by atoms with Gasteiger partial charge in [-0.2, -0.15) is 13.5 Å². The molecular formula is C14H17N5O6S. The number of pyridine rings is 1. The number of carbonyl (C=O) groups excluding carboxylic acids is 2. The van der Waals surface area contributed by atoms with Crippen LogP contribution in [0.2, 0.25) is 0 Å². The van der Waals surface area contributed by atoms with E-state index in [4.69, 9.17) is 4.55 Å². The van der Waals surface area contributed by atoms with Crippen LogP contribution in [0.3, 0.4) is 0 Å². The Morgan fingerprint density at radius 2 is 2.15 bits per heavy atom. The maximum absolute atomic E-state index is 12.6. The second-order valence-electron chi connectivity index (χ2n) is 6.41. The van der Waals surface area contributed by atoms with Crippen LogP contribution < -0.4 is 10.6 Å². The van der Waals surface area contributed by atoms with Crippen LogP contribution in [0.5, 0.6) is 0 Å². The van der Waals surface area contributed by atoms with E-state index < -0.39 is 34.4 Å². The molecule has 0 saturated carbocycles. The molecule has 4 rings (SSSR count). The predicted octanol–water partition coefficient (Wildman–Crippen LogP) is -0.374. The number of fused-ring (bicyclic) bond motifs is 3. The number of piperidine rings is 1. The van der Waals surface area contributed by atoms with Gasteiger partial charge in [-0.3, -0.25) is 9.35 Å². The van der Waals surface area contributed by atoms with Crippen molar-refractivity contribution in [1.29, 1.82) is 0 Å². The third-order valence-electron chi connectivity index (χ3n) is 4.73. The first-order chi connectivity index (χ1) is 12.3. The molecular weight excluding hydrogens is 366 g/mol. The third kappa shape index (κ3) is 3.11. The molecule has 0 aliphatic carbocycles. The lowest BCUT2D eigenvalue weighted by Crippen LogP contribution is -2.47. The summed E-state index contributed by atoms with van der Waals surface area (Å²) < 4.78 is 34.9. The van der Waals surface area contributed by atoms with Crippen molar-refractivity contribution >= 4 is 28.2 Å². The fourth-order valence-corrected chi connectivity index (χ4v) is 3.93. The van der Waals surface area contributed by atoms with Gasteiger partial charge in [-0.25, -0.2) is 9.78 Å². The van der Waals surface area contributed by atoms with E-state index in [2.05, 4.69) is 19.9 Å². The number of amides is 3. The largest absolute Gasteiger partial charge is 0.418 e. The molecule has 2 fully saturated rings. The van der Waals surface area contributed by atoms with Gasteiger partial charge in [-0.1, -0.05) is 6.07 Å². The number of hydrogen-bond acceptors (Lipinski definition) is 7. The molecule has 140 valence electrons. The Morgan fingerprint density at radius 3 is 2.92 bits per heavy atom. The molecule has 3 N–H and O–H groups in total. The highest BCUT2D eigenvalue weighted by molar-refractivity contribution is 7.80. The molecule has 3 amide bonds. The minimum absolute atomic E-state index is 0.147. The Hall–Kier alpha value is -2.28. The molecule has 0 aromatic carbocycles. The van der Waals surface area contributed by atoms with Crippen LogP contribution in [0.15, 0.2) is 12.1 Å². The number of aromatic nitrogens is 1. The quantitative estimate of drug-likeness (QED) is 0.598. The van der Waals surface area contributed by atoms with Gasteiger partial charge in [0.25, 0.3) is 0 Å². The summed E-state index contributed by atoms with van der Waals surface area (Å²) in [4.78, 5) is 30.6. The van der Waals surface area contributed by atoms with Gasteiger partial charge in [0.1, 0.15) is 11.9 Å². The summed E-state index contributed by atoms with van der Waals surface area (Å²) in [5.74, 6) is 0.00109. The topological polar surface area (TPSA) is 141 Å². The van der Waals surface area contributed by atoms with Gasteiger partial charge < -0.3 is 15.5 Å². The van der Waals surface area contributed by atoms with Crippen LogP contribution in [0.25, 0.3) is 0 Å². The van der Waals surface area contributed by atoms with E-state index in [1.807, 2.05) is 6.07 Å². The van der Waals surface area contributed by atoms with Crippen molar-refractivity contribution in [3.05, 3.63) is 23.4 Å². The van der Waals surface area contributed by atoms with Crippen molar-refractivity contribution in [1.82, 2.24) is 20.3 Å². The van der Waals surface area contributed by atoms with Crippen LogP contribution >= 0.6 is 0 Å². The minimum atomic E-state index is -4.81. The molecule has 2 bridgehead atoms. The Bertz CT molecular complexity index is 875. The number of nitrogens with one attached hydrogen (secondary N) is 2. The molecule has 1 aromatic rings. The third-order valence-corrected chi connectivity index (χ3v) is 5.08. The molecule has 2 atom stereocenters. The summed E-state index contributed by atoms with van der Waals surface area (Å²) in [5, 5.41) is 6.49. The number of hydroxylamine groups is 2. The summed E-state index contributed by atoms with van der Waals surface area (Å²) in [6.45, 7) is 1.52. The molecule has 2 saturated heterocycles. The Morgan fingerprint density at radius 1 is 1.35 bits per heavy atom. The molecule has 2 unspecified atom stereocenters. The van der Waals surface area contributed by atoms with E-state index in [9.17, 15) is 18.0 Å². The molecule has 0 radical (unpaired) electrons. The van der Waals surface area contributed by atoms with Crippen molar-refractivity contribution in [3.8, 4) is 0 Å². The summed E-state index contributed by atoms with van der Waals surface area (Å²) in [6, 6.07) is 1.53. The lowest BCUT2D eigenvalue weighted by Gasteiger charge is -2.29. The van der Waals surface area contributed by atoms with E-state index in [0.29, 0.717) is 30.3 Å². The highest BCUT2D eigenvalue weighted by Gasteiger charge is 2.49. The van der Waals surface area contributed by atoms with Crippen molar-refractivity contribution in [2.45, 2.75) is 38.0 Å². The van der Waals surface area contributed by atoms with Crippen LogP contribution in [0, 0.1) is 0 Å². The van der Waals surface area contributed by atoms with Crippen LogP contribution in [-0.2, 0) is 32.6 Å². The molecule has 4 heterocycles. The summed E-state index contributed by atoms with van der Waals surface area (Å²) in [6.07, 6.45) is 0.720. The number of hydrogen-bond donors (Lipinski definition) is 3. The van der Waals surface area contributed by atoms with Gasteiger partial charge >= 0.3 is 16.4 Å². The zero-order valence-corrected chi connectivity index (χ0v) is 14.4. The van der Waals surface area contributed by atoms with E-state index in [1.165, 1.54) is 4.90 Å². The summed E-state index contributed by atoms with van der Waals surface area (Å²) in [7, 11) is -4.81. The molecule has 26 heavy (non-hydrogen) atoms. The van der Waals surface area contributed by atoms with Gasteiger partial charge in [0.05, 0.1) is 11.7 Å². The van der Waals surface area contributed by atoms with E-state index in [1.54, 1.807) is 6.07 Å². The average molecular weight is 383 g/mol. The first-order valence-corrected chi connectivity index (χ1v) is 9.45. The maximum Gasteiger partial charge on any atom is 0.418 e. The van der Waals surface area contributed by atoms with Crippen LogP contribution in [-0.4, -0.2) is 58.5 Å². The second kappa shape index (κ2) is 6.16. The Kier molecular flexibility index (Phi) is 4.06. The zero-order chi connectivity index (χ0) is 18.5. The number of rotatable bonds is 4. The normalized spacial score (nSPS) is 24.7. The summed E-state index contributed by atoms with van der Waals surface area (Å²) >= 11 is 0. The molecule has 11 nitrogen and oxygen atoms in total. The molecule has 0 spiro atoms. The Labute approximate surface area is 149 Å². The van der Waals surface area contributed by atoms with Crippen molar-refractivity contribution in [2.24, 2.45) is 0 Å².